The fraction of sp³-hybridized carbons (Fsp3) is 0.632. The normalized spacial score (nSPS) is 22.2. The van der Waals surface area contributed by atoms with Crippen LogP contribution in [0.2, 0.25) is 0 Å². The number of carbonyl (C=O) groups is 1. The van der Waals surface area contributed by atoms with Crippen molar-refractivity contribution in [3.05, 3.63) is 23.8 Å². The lowest BCUT2D eigenvalue weighted by molar-refractivity contribution is 0.0985. The van der Waals surface area contributed by atoms with Crippen molar-refractivity contribution in [1.29, 1.82) is 0 Å². The van der Waals surface area contributed by atoms with Gasteiger partial charge in [0.15, 0.2) is 5.78 Å². The molecule has 0 bridgehead atoms. The molecular formula is C19H28N2O2. The average Bonchev–Trinajstić information content (AvgIpc) is 2.53. The SMILES string of the molecule is CC1CNc2cc(C(=O)CNC3CCCCCCC3)ccc2O1. The summed E-state index contributed by atoms with van der Waals surface area (Å²) < 4.78 is 5.76. The molecule has 4 nitrogen and oxygen atoms in total. The van der Waals surface area contributed by atoms with Gasteiger partial charge in [0, 0.05) is 11.6 Å². The Bertz CT molecular complexity index is 536. The van der Waals surface area contributed by atoms with Crippen LogP contribution < -0.4 is 15.4 Å². The molecule has 4 heteroatoms. The fourth-order valence-corrected chi connectivity index (χ4v) is 3.46. The lowest BCUT2D eigenvalue weighted by Gasteiger charge is -2.25. The predicted octanol–water partition coefficient (Wildman–Crippen LogP) is 3.76. The molecule has 2 N–H and O–H groups in total. The molecule has 1 heterocycles. The maximum atomic E-state index is 12.5. The molecule has 3 rings (SSSR count). The summed E-state index contributed by atoms with van der Waals surface area (Å²) >= 11 is 0. The number of hydrogen-bond acceptors (Lipinski definition) is 4. The van der Waals surface area contributed by atoms with Gasteiger partial charge in [-0.1, -0.05) is 32.1 Å². The molecule has 1 aromatic carbocycles. The zero-order valence-electron chi connectivity index (χ0n) is 14.1. The van der Waals surface area contributed by atoms with Crippen LogP contribution >= 0.6 is 0 Å². The van der Waals surface area contributed by atoms with Gasteiger partial charge in [0.1, 0.15) is 11.9 Å². The van der Waals surface area contributed by atoms with Crippen LogP contribution in [0, 0.1) is 0 Å². The van der Waals surface area contributed by atoms with Gasteiger partial charge in [0.25, 0.3) is 0 Å². The molecule has 1 aromatic rings. The van der Waals surface area contributed by atoms with Gasteiger partial charge in [-0.05, 0) is 38.0 Å². The first-order chi connectivity index (χ1) is 11.2. The standard InChI is InChI=1S/C19H28N2O2/c1-14-12-21-17-11-15(9-10-19(17)23-14)18(22)13-20-16-7-5-3-2-4-6-8-16/h9-11,14,16,20-21H,2-8,12-13H2,1H3. The molecular weight excluding hydrogens is 288 g/mol. The third-order valence-electron chi connectivity index (χ3n) is 4.87. The van der Waals surface area contributed by atoms with E-state index in [2.05, 4.69) is 10.6 Å². The third-order valence-corrected chi connectivity index (χ3v) is 4.87. The van der Waals surface area contributed by atoms with Gasteiger partial charge in [-0.15, -0.1) is 0 Å². The summed E-state index contributed by atoms with van der Waals surface area (Å²) in [5, 5.41) is 6.80. The van der Waals surface area contributed by atoms with Gasteiger partial charge in [0.05, 0.1) is 18.8 Å². The van der Waals surface area contributed by atoms with Crippen LogP contribution in [0.4, 0.5) is 5.69 Å². The van der Waals surface area contributed by atoms with Crippen LogP contribution in [0.3, 0.4) is 0 Å². The van der Waals surface area contributed by atoms with Crippen LogP contribution in [0.1, 0.15) is 62.2 Å². The largest absolute Gasteiger partial charge is 0.487 e. The molecule has 0 aromatic heterocycles. The Morgan fingerprint density at radius 1 is 1.22 bits per heavy atom. The lowest BCUT2D eigenvalue weighted by atomic mass is 9.96. The second-order valence-corrected chi connectivity index (χ2v) is 6.87. The van der Waals surface area contributed by atoms with Gasteiger partial charge in [-0.3, -0.25) is 4.79 Å². The minimum absolute atomic E-state index is 0.162. The highest BCUT2D eigenvalue weighted by Crippen LogP contribution is 2.30. The summed E-state index contributed by atoms with van der Waals surface area (Å²) in [6, 6.07) is 6.20. The minimum Gasteiger partial charge on any atom is -0.487 e. The van der Waals surface area contributed by atoms with Crippen molar-refractivity contribution in [2.24, 2.45) is 0 Å². The minimum atomic E-state index is 0.162. The van der Waals surface area contributed by atoms with E-state index < -0.39 is 0 Å². The van der Waals surface area contributed by atoms with Crippen molar-refractivity contribution in [2.45, 2.75) is 64.0 Å². The van der Waals surface area contributed by atoms with Crippen LogP contribution in [-0.2, 0) is 0 Å². The number of ether oxygens (including phenoxy) is 1. The van der Waals surface area contributed by atoms with Gasteiger partial charge >= 0.3 is 0 Å². The first kappa shape index (κ1) is 16.3. The Morgan fingerprint density at radius 3 is 2.74 bits per heavy atom. The highest BCUT2D eigenvalue weighted by atomic mass is 16.5. The Hall–Kier alpha value is -1.55. The molecule has 0 spiro atoms. The van der Waals surface area contributed by atoms with Gasteiger partial charge < -0.3 is 15.4 Å². The van der Waals surface area contributed by atoms with E-state index in [4.69, 9.17) is 4.74 Å². The predicted molar refractivity (Wildman–Crippen MR) is 93.5 cm³/mol. The Kier molecular flexibility index (Phi) is 5.55. The van der Waals surface area contributed by atoms with Crippen molar-refractivity contribution in [1.82, 2.24) is 5.32 Å². The monoisotopic (exact) mass is 316 g/mol. The van der Waals surface area contributed by atoms with Crippen molar-refractivity contribution in [2.75, 3.05) is 18.4 Å². The zero-order valence-corrected chi connectivity index (χ0v) is 14.1. The number of rotatable bonds is 4. The Balaban J connectivity index is 1.55. The number of fused-ring (bicyclic) bond motifs is 1. The smallest absolute Gasteiger partial charge is 0.176 e. The third kappa shape index (κ3) is 4.47. The molecule has 1 saturated carbocycles. The molecule has 1 fully saturated rings. The van der Waals surface area contributed by atoms with Gasteiger partial charge in [0.2, 0.25) is 0 Å². The van der Waals surface area contributed by atoms with Crippen LogP contribution in [0.25, 0.3) is 0 Å². The molecule has 126 valence electrons. The summed E-state index contributed by atoms with van der Waals surface area (Å²) in [7, 11) is 0. The lowest BCUT2D eigenvalue weighted by Crippen LogP contribution is -2.34. The summed E-state index contributed by atoms with van der Waals surface area (Å²) in [4.78, 5) is 12.5. The maximum Gasteiger partial charge on any atom is 0.176 e. The molecule has 1 unspecified atom stereocenters. The van der Waals surface area contributed by atoms with Crippen LogP contribution in [-0.4, -0.2) is 31.0 Å². The number of nitrogens with one attached hydrogen (secondary N) is 2. The van der Waals surface area contributed by atoms with E-state index in [0.29, 0.717) is 12.6 Å². The Morgan fingerprint density at radius 2 is 1.96 bits per heavy atom. The second kappa shape index (κ2) is 7.82. The number of anilines is 1. The van der Waals surface area contributed by atoms with E-state index in [1.54, 1.807) is 0 Å². The first-order valence-electron chi connectivity index (χ1n) is 9.03. The summed E-state index contributed by atoms with van der Waals surface area (Å²) in [6.07, 6.45) is 9.17. The van der Waals surface area contributed by atoms with Crippen molar-refractivity contribution in [3.8, 4) is 5.75 Å². The molecule has 2 aliphatic rings. The van der Waals surface area contributed by atoms with Gasteiger partial charge in [-0.25, -0.2) is 0 Å². The fourth-order valence-electron chi connectivity index (χ4n) is 3.46. The van der Waals surface area contributed by atoms with Crippen LogP contribution in [0.5, 0.6) is 5.75 Å². The van der Waals surface area contributed by atoms with E-state index in [1.165, 1.54) is 44.9 Å². The topological polar surface area (TPSA) is 50.4 Å². The van der Waals surface area contributed by atoms with E-state index in [0.717, 1.165) is 23.5 Å². The quantitative estimate of drug-likeness (QED) is 0.830. The number of carbonyl (C=O) groups excluding carboxylic acids is 1. The number of hydrogen-bond donors (Lipinski definition) is 2. The summed E-state index contributed by atoms with van der Waals surface area (Å²) in [6.45, 7) is 3.25. The number of benzene rings is 1. The van der Waals surface area contributed by atoms with Crippen molar-refractivity contribution < 1.29 is 9.53 Å². The van der Waals surface area contributed by atoms with Crippen molar-refractivity contribution >= 4 is 11.5 Å². The van der Waals surface area contributed by atoms with Crippen LogP contribution in [0.15, 0.2) is 18.2 Å². The first-order valence-corrected chi connectivity index (χ1v) is 9.03. The maximum absolute atomic E-state index is 12.5. The van der Waals surface area contributed by atoms with E-state index in [-0.39, 0.29) is 11.9 Å². The summed E-state index contributed by atoms with van der Waals surface area (Å²) in [5.74, 6) is 1.00. The molecule has 0 radical (unpaired) electrons. The molecule has 1 aliphatic heterocycles. The van der Waals surface area contributed by atoms with E-state index in [9.17, 15) is 4.79 Å². The highest BCUT2D eigenvalue weighted by molar-refractivity contribution is 5.98. The molecule has 1 atom stereocenters. The average molecular weight is 316 g/mol. The highest BCUT2D eigenvalue weighted by Gasteiger charge is 2.18. The second-order valence-electron chi connectivity index (χ2n) is 6.87. The van der Waals surface area contributed by atoms with Crippen molar-refractivity contribution in [3.63, 3.8) is 0 Å². The molecule has 23 heavy (non-hydrogen) atoms. The number of ketones is 1. The molecule has 1 aliphatic carbocycles. The Labute approximate surface area is 139 Å². The molecule has 0 saturated heterocycles. The van der Waals surface area contributed by atoms with Gasteiger partial charge in [-0.2, -0.15) is 0 Å². The summed E-state index contributed by atoms with van der Waals surface area (Å²) in [5.41, 5.74) is 1.69. The molecule has 0 amide bonds. The number of Topliss-reactive ketones (excluding diaryl/α,β-unsaturated/α-hetero) is 1. The zero-order chi connectivity index (χ0) is 16.1. The van der Waals surface area contributed by atoms with E-state index >= 15 is 0 Å². The van der Waals surface area contributed by atoms with E-state index in [1.807, 2.05) is 25.1 Å².